The van der Waals surface area contributed by atoms with Crippen molar-refractivity contribution in [1.82, 2.24) is 0 Å². The average molecular weight is 261 g/mol. The van der Waals surface area contributed by atoms with E-state index in [9.17, 15) is 0 Å². The van der Waals surface area contributed by atoms with Crippen LogP contribution in [0.2, 0.25) is 5.02 Å². The molecule has 0 heterocycles. The summed E-state index contributed by atoms with van der Waals surface area (Å²) in [6, 6.07) is 7.87. The molecule has 1 atom stereocenters. The minimum absolute atomic E-state index is 0.284. The molecular formula is C13H18Cl2O. The van der Waals surface area contributed by atoms with Gasteiger partial charge in [0.15, 0.2) is 0 Å². The zero-order chi connectivity index (χ0) is 11.8. The van der Waals surface area contributed by atoms with E-state index in [4.69, 9.17) is 27.9 Å². The topological polar surface area (TPSA) is 9.23 Å². The van der Waals surface area contributed by atoms with Crippen molar-refractivity contribution >= 4 is 23.2 Å². The SMILES string of the molecule is CCCOCCC(CCl)c1ccccc1Cl. The van der Waals surface area contributed by atoms with E-state index in [2.05, 4.69) is 6.92 Å². The van der Waals surface area contributed by atoms with Crippen molar-refractivity contribution < 1.29 is 4.74 Å². The summed E-state index contributed by atoms with van der Waals surface area (Å²) < 4.78 is 5.47. The van der Waals surface area contributed by atoms with Crippen LogP contribution in [0.25, 0.3) is 0 Å². The smallest absolute Gasteiger partial charge is 0.0472 e. The van der Waals surface area contributed by atoms with Crippen LogP contribution in [0.15, 0.2) is 24.3 Å². The van der Waals surface area contributed by atoms with Crippen LogP contribution < -0.4 is 0 Å². The molecule has 1 aromatic carbocycles. The van der Waals surface area contributed by atoms with Gasteiger partial charge in [-0.15, -0.1) is 11.6 Å². The van der Waals surface area contributed by atoms with Crippen molar-refractivity contribution in [2.24, 2.45) is 0 Å². The van der Waals surface area contributed by atoms with E-state index < -0.39 is 0 Å². The molecule has 1 nitrogen and oxygen atoms in total. The summed E-state index contributed by atoms with van der Waals surface area (Å²) in [6.45, 7) is 3.67. The summed E-state index contributed by atoms with van der Waals surface area (Å²) in [5, 5.41) is 0.795. The van der Waals surface area contributed by atoms with E-state index in [0.717, 1.165) is 36.6 Å². The van der Waals surface area contributed by atoms with Crippen molar-refractivity contribution in [3.05, 3.63) is 34.9 Å². The third-order valence-corrected chi connectivity index (χ3v) is 3.21. The third kappa shape index (κ3) is 4.32. The molecule has 0 aliphatic carbocycles. The van der Waals surface area contributed by atoms with Crippen LogP contribution in [0.1, 0.15) is 31.2 Å². The van der Waals surface area contributed by atoms with Gasteiger partial charge in [0.2, 0.25) is 0 Å². The lowest BCUT2D eigenvalue weighted by atomic mass is 9.98. The third-order valence-electron chi connectivity index (χ3n) is 2.49. The first-order valence-corrected chi connectivity index (χ1v) is 6.59. The maximum absolute atomic E-state index is 6.14. The molecule has 0 saturated heterocycles. The molecule has 0 amide bonds. The Kier molecular flexibility index (Phi) is 6.86. The zero-order valence-corrected chi connectivity index (χ0v) is 11.1. The molecule has 0 radical (unpaired) electrons. The Morgan fingerprint density at radius 2 is 2.00 bits per heavy atom. The first-order valence-electron chi connectivity index (χ1n) is 5.67. The van der Waals surface area contributed by atoms with Gasteiger partial charge in [0, 0.05) is 30.0 Å². The minimum atomic E-state index is 0.284. The van der Waals surface area contributed by atoms with E-state index in [1.807, 2.05) is 24.3 Å². The van der Waals surface area contributed by atoms with E-state index in [0.29, 0.717) is 5.88 Å². The number of hydrogen-bond donors (Lipinski definition) is 0. The fraction of sp³-hybridized carbons (Fsp3) is 0.538. The molecule has 0 N–H and O–H groups in total. The van der Waals surface area contributed by atoms with Crippen LogP contribution in [-0.2, 0) is 4.74 Å². The number of halogens is 2. The standard InChI is InChI=1S/C13H18Cl2O/c1-2-8-16-9-7-11(10-14)12-5-3-4-6-13(12)15/h3-6,11H,2,7-10H2,1H3. The van der Waals surface area contributed by atoms with Crippen molar-refractivity contribution in [2.45, 2.75) is 25.7 Å². The highest BCUT2D eigenvalue weighted by Crippen LogP contribution is 2.27. The number of alkyl halides is 1. The second-order valence-corrected chi connectivity index (χ2v) is 4.49. The summed E-state index contributed by atoms with van der Waals surface area (Å²) in [5.41, 5.74) is 1.12. The quantitative estimate of drug-likeness (QED) is 0.519. The van der Waals surface area contributed by atoms with Crippen molar-refractivity contribution in [3.8, 4) is 0 Å². The zero-order valence-electron chi connectivity index (χ0n) is 9.59. The largest absolute Gasteiger partial charge is 0.381 e. The molecule has 0 bridgehead atoms. The highest BCUT2D eigenvalue weighted by molar-refractivity contribution is 6.31. The molecule has 3 heteroatoms. The number of rotatable bonds is 7. The first-order chi connectivity index (χ1) is 7.79. The van der Waals surface area contributed by atoms with Gasteiger partial charge in [-0.3, -0.25) is 0 Å². The van der Waals surface area contributed by atoms with E-state index in [1.165, 1.54) is 0 Å². The highest BCUT2D eigenvalue weighted by Gasteiger charge is 2.12. The molecule has 0 aromatic heterocycles. The van der Waals surface area contributed by atoms with Crippen LogP contribution in [0.5, 0.6) is 0 Å². The Morgan fingerprint density at radius 1 is 1.25 bits per heavy atom. The summed E-state index contributed by atoms with van der Waals surface area (Å²) in [4.78, 5) is 0. The van der Waals surface area contributed by atoms with Crippen molar-refractivity contribution in [1.29, 1.82) is 0 Å². The fourth-order valence-electron chi connectivity index (χ4n) is 1.59. The lowest BCUT2D eigenvalue weighted by Gasteiger charge is -2.15. The number of ether oxygens (including phenoxy) is 1. The maximum Gasteiger partial charge on any atom is 0.0472 e. The van der Waals surface area contributed by atoms with E-state index in [1.54, 1.807) is 0 Å². The fourth-order valence-corrected chi connectivity index (χ4v) is 2.20. The van der Waals surface area contributed by atoms with E-state index in [-0.39, 0.29) is 5.92 Å². The summed E-state index contributed by atoms with van der Waals surface area (Å²) in [5.74, 6) is 0.867. The van der Waals surface area contributed by atoms with Crippen LogP contribution >= 0.6 is 23.2 Å². The van der Waals surface area contributed by atoms with Gasteiger partial charge in [-0.1, -0.05) is 36.7 Å². The Bertz CT molecular complexity index is 302. The molecule has 1 unspecified atom stereocenters. The molecule has 0 aliphatic heterocycles. The minimum Gasteiger partial charge on any atom is -0.381 e. The molecule has 0 fully saturated rings. The molecular weight excluding hydrogens is 243 g/mol. The molecule has 1 aromatic rings. The van der Waals surface area contributed by atoms with Gasteiger partial charge in [0.05, 0.1) is 0 Å². The molecule has 0 aliphatic rings. The van der Waals surface area contributed by atoms with Gasteiger partial charge < -0.3 is 4.74 Å². The molecule has 90 valence electrons. The van der Waals surface area contributed by atoms with Crippen molar-refractivity contribution in [3.63, 3.8) is 0 Å². The van der Waals surface area contributed by atoms with Gasteiger partial charge >= 0.3 is 0 Å². The molecule has 1 rings (SSSR count). The lowest BCUT2D eigenvalue weighted by Crippen LogP contribution is -2.06. The van der Waals surface area contributed by atoms with E-state index >= 15 is 0 Å². The Balaban J connectivity index is 2.51. The van der Waals surface area contributed by atoms with Gasteiger partial charge in [-0.2, -0.15) is 0 Å². The Labute approximate surface area is 108 Å². The predicted molar refractivity (Wildman–Crippen MR) is 70.6 cm³/mol. The predicted octanol–water partition coefficient (Wildman–Crippen LogP) is 4.48. The van der Waals surface area contributed by atoms with Crippen LogP contribution in [0.4, 0.5) is 0 Å². The number of benzene rings is 1. The summed E-state index contributed by atoms with van der Waals surface area (Å²) in [7, 11) is 0. The summed E-state index contributed by atoms with van der Waals surface area (Å²) in [6.07, 6.45) is 1.98. The van der Waals surface area contributed by atoms with Crippen LogP contribution in [0, 0.1) is 0 Å². The molecule has 0 saturated carbocycles. The van der Waals surface area contributed by atoms with Gasteiger partial charge in [-0.25, -0.2) is 0 Å². The van der Waals surface area contributed by atoms with Crippen LogP contribution in [0.3, 0.4) is 0 Å². The van der Waals surface area contributed by atoms with Gasteiger partial charge in [-0.05, 0) is 24.5 Å². The monoisotopic (exact) mass is 260 g/mol. The molecule has 0 spiro atoms. The Hall–Kier alpha value is -0.240. The summed E-state index contributed by atoms with van der Waals surface area (Å²) >= 11 is 12.1. The molecule has 16 heavy (non-hydrogen) atoms. The van der Waals surface area contributed by atoms with Crippen LogP contribution in [-0.4, -0.2) is 19.1 Å². The maximum atomic E-state index is 6.14. The normalized spacial score (nSPS) is 12.7. The number of hydrogen-bond acceptors (Lipinski definition) is 1. The van der Waals surface area contributed by atoms with Gasteiger partial charge in [0.1, 0.15) is 0 Å². The second kappa shape index (κ2) is 7.94. The second-order valence-electron chi connectivity index (χ2n) is 3.77. The van der Waals surface area contributed by atoms with Crippen molar-refractivity contribution in [2.75, 3.05) is 19.1 Å². The van der Waals surface area contributed by atoms with Gasteiger partial charge in [0.25, 0.3) is 0 Å². The Morgan fingerprint density at radius 3 is 2.62 bits per heavy atom. The average Bonchev–Trinajstić information content (AvgIpc) is 2.31. The lowest BCUT2D eigenvalue weighted by molar-refractivity contribution is 0.129. The first kappa shape index (κ1) is 13.8. The highest BCUT2D eigenvalue weighted by atomic mass is 35.5.